The summed E-state index contributed by atoms with van der Waals surface area (Å²) in [5.41, 5.74) is 6.81. The number of aromatic hydroxyl groups is 1. The van der Waals surface area contributed by atoms with Gasteiger partial charge in [-0.25, -0.2) is 0 Å². The number of fused-ring (bicyclic) bond motifs is 3. The molecular formula is C21H24N2O2. The molecule has 0 atom stereocenters. The summed E-state index contributed by atoms with van der Waals surface area (Å²) in [7, 11) is 2.14. The van der Waals surface area contributed by atoms with E-state index in [0.717, 1.165) is 29.7 Å². The van der Waals surface area contributed by atoms with E-state index in [-0.39, 0.29) is 11.3 Å². The van der Waals surface area contributed by atoms with Crippen LogP contribution in [0, 0.1) is 6.92 Å². The fraction of sp³-hybridized carbons (Fsp3) is 0.381. The lowest BCUT2D eigenvalue weighted by Crippen LogP contribution is -2.13. The van der Waals surface area contributed by atoms with Gasteiger partial charge >= 0.3 is 0 Å². The third-order valence-corrected chi connectivity index (χ3v) is 5.69. The van der Waals surface area contributed by atoms with Gasteiger partial charge in [0.25, 0.3) is 5.56 Å². The number of H-pyrrole nitrogens is 1. The highest BCUT2D eigenvalue weighted by atomic mass is 16.3. The average molecular weight is 336 g/mol. The van der Waals surface area contributed by atoms with Crippen LogP contribution in [0.15, 0.2) is 23.0 Å². The van der Waals surface area contributed by atoms with Gasteiger partial charge in [0.2, 0.25) is 0 Å². The van der Waals surface area contributed by atoms with E-state index in [1.54, 1.807) is 6.92 Å². The van der Waals surface area contributed by atoms with Crippen LogP contribution >= 0.6 is 0 Å². The Balaban J connectivity index is 1.99. The molecule has 0 saturated carbocycles. The van der Waals surface area contributed by atoms with Crippen molar-refractivity contribution >= 4 is 10.9 Å². The Kier molecular flexibility index (Phi) is 3.71. The quantitative estimate of drug-likeness (QED) is 0.743. The fourth-order valence-corrected chi connectivity index (χ4v) is 4.25. The molecule has 3 aromatic rings. The van der Waals surface area contributed by atoms with Gasteiger partial charge in [-0.3, -0.25) is 4.79 Å². The molecule has 1 aliphatic carbocycles. The van der Waals surface area contributed by atoms with Crippen LogP contribution in [0.3, 0.4) is 0 Å². The van der Waals surface area contributed by atoms with Gasteiger partial charge in [0.1, 0.15) is 5.75 Å². The van der Waals surface area contributed by atoms with Crippen molar-refractivity contribution in [3.8, 4) is 17.0 Å². The number of hydrogen-bond donors (Lipinski definition) is 2. The highest BCUT2D eigenvalue weighted by molar-refractivity contribution is 5.90. The van der Waals surface area contributed by atoms with E-state index in [4.69, 9.17) is 0 Å². The molecule has 0 amide bonds. The number of nitrogens with one attached hydrogen (secondary N) is 1. The molecule has 2 N–H and O–H groups in total. The van der Waals surface area contributed by atoms with Gasteiger partial charge < -0.3 is 14.7 Å². The molecule has 0 fully saturated rings. The van der Waals surface area contributed by atoms with Gasteiger partial charge in [0.05, 0.1) is 11.3 Å². The molecule has 0 radical (unpaired) electrons. The molecular weight excluding hydrogens is 312 g/mol. The Morgan fingerprint density at radius 3 is 2.76 bits per heavy atom. The second kappa shape index (κ2) is 5.80. The van der Waals surface area contributed by atoms with Gasteiger partial charge in [-0.15, -0.1) is 0 Å². The summed E-state index contributed by atoms with van der Waals surface area (Å²) in [6.07, 6.45) is 5.41. The molecule has 1 aliphatic rings. The molecule has 0 bridgehead atoms. The molecule has 25 heavy (non-hydrogen) atoms. The van der Waals surface area contributed by atoms with Crippen molar-refractivity contribution in [2.45, 2.75) is 46.0 Å². The minimum Gasteiger partial charge on any atom is -0.507 e. The summed E-state index contributed by atoms with van der Waals surface area (Å²) >= 11 is 0. The molecule has 2 aromatic heterocycles. The number of hydrogen-bond acceptors (Lipinski definition) is 2. The van der Waals surface area contributed by atoms with Crippen LogP contribution in [-0.2, 0) is 26.3 Å². The summed E-state index contributed by atoms with van der Waals surface area (Å²) in [5.74, 6) is 0.122. The fourth-order valence-electron chi connectivity index (χ4n) is 4.25. The molecule has 0 spiro atoms. The van der Waals surface area contributed by atoms with Crippen LogP contribution < -0.4 is 5.56 Å². The van der Waals surface area contributed by atoms with E-state index >= 15 is 0 Å². The maximum Gasteiger partial charge on any atom is 0.255 e. The molecule has 0 saturated heterocycles. The Morgan fingerprint density at radius 2 is 2.00 bits per heavy atom. The Bertz CT molecular complexity index is 1040. The lowest BCUT2D eigenvalue weighted by Gasteiger charge is -2.13. The van der Waals surface area contributed by atoms with E-state index in [1.807, 2.05) is 13.0 Å². The number of pyridine rings is 1. The van der Waals surface area contributed by atoms with Crippen LogP contribution in [0.4, 0.5) is 0 Å². The summed E-state index contributed by atoms with van der Waals surface area (Å²) in [6.45, 7) is 3.66. The summed E-state index contributed by atoms with van der Waals surface area (Å²) < 4.78 is 2.31. The van der Waals surface area contributed by atoms with Crippen molar-refractivity contribution < 1.29 is 5.11 Å². The Labute approximate surface area is 147 Å². The Morgan fingerprint density at radius 1 is 1.24 bits per heavy atom. The first-order valence-electron chi connectivity index (χ1n) is 9.08. The number of benzene rings is 1. The van der Waals surface area contributed by atoms with Crippen LogP contribution in [-0.4, -0.2) is 14.7 Å². The van der Waals surface area contributed by atoms with Gasteiger partial charge in [-0.1, -0.05) is 13.0 Å². The first-order valence-corrected chi connectivity index (χ1v) is 9.08. The largest absolute Gasteiger partial charge is 0.507 e. The lowest BCUT2D eigenvalue weighted by molar-refractivity contribution is 0.463. The monoisotopic (exact) mass is 336 g/mol. The summed E-state index contributed by atoms with van der Waals surface area (Å²) in [4.78, 5) is 15.2. The predicted octanol–water partition coefficient (Wildman–Crippen LogP) is 3.99. The smallest absolute Gasteiger partial charge is 0.255 e. The second-order valence-corrected chi connectivity index (χ2v) is 7.06. The standard InChI is InChI=1S/C21H24N2O2/c1-4-14-19(22-21(25)12(2)20(14)24)13-9-10-18-16(11-13)15-7-5-6-8-17(15)23(18)3/h9-11H,4-8H2,1-3H3,(H2,22,24,25). The summed E-state index contributed by atoms with van der Waals surface area (Å²) in [6, 6.07) is 6.36. The number of nitrogens with zero attached hydrogens (tertiary/aromatic N) is 1. The van der Waals surface area contributed by atoms with Crippen molar-refractivity contribution in [2.24, 2.45) is 7.05 Å². The minimum atomic E-state index is -0.222. The maximum atomic E-state index is 12.2. The van der Waals surface area contributed by atoms with Gasteiger partial charge in [0.15, 0.2) is 0 Å². The minimum absolute atomic E-state index is 0.122. The third kappa shape index (κ3) is 2.31. The van der Waals surface area contributed by atoms with Crippen LogP contribution in [0.5, 0.6) is 5.75 Å². The van der Waals surface area contributed by atoms with Gasteiger partial charge in [-0.05, 0) is 62.3 Å². The number of aryl methyl sites for hydroxylation is 2. The highest BCUT2D eigenvalue weighted by Crippen LogP contribution is 2.36. The SMILES string of the molecule is CCc1c(-c2ccc3c(c2)c2c(n3C)CCCC2)[nH]c(=O)c(C)c1O. The topological polar surface area (TPSA) is 58.0 Å². The van der Waals surface area contributed by atoms with Gasteiger partial charge in [-0.2, -0.15) is 0 Å². The van der Waals surface area contributed by atoms with Crippen molar-refractivity contribution in [1.82, 2.24) is 9.55 Å². The molecule has 4 nitrogen and oxygen atoms in total. The zero-order valence-corrected chi connectivity index (χ0v) is 15.1. The summed E-state index contributed by atoms with van der Waals surface area (Å²) in [5, 5.41) is 11.7. The van der Waals surface area contributed by atoms with Crippen molar-refractivity contribution in [1.29, 1.82) is 0 Å². The van der Waals surface area contributed by atoms with Crippen LogP contribution in [0.1, 0.15) is 42.1 Å². The first-order chi connectivity index (χ1) is 12.0. The zero-order chi connectivity index (χ0) is 17.7. The van der Waals surface area contributed by atoms with E-state index in [9.17, 15) is 9.90 Å². The van der Waals surface area contributed by atoms with Crippen LogP contribution in [0.25, 0.3) is 22.2 Å². The Hall–Kier alpha value is -2.49. The van der Waals surface area contributed by atoms with Crippen LogP contribution in [0.2, 0.25) is 0 Å². The molecule has 0 aliphatic heterocycles. The van der Waals surface area contributed by atoms with E-state index < -0.39 is 0 Å². The molecule has 4 heteroatoms. The average Bonchev–Trinajstić information content (AvgIpc) is 2.92. The number of aromatic nitrogens is 2. The van der Waals surface area contributed by atoms with Crippen molar-refractivity contribution in [3.63, 3.8) is 0 Å². The van der Waals surface area contributed by atoms with Crippen molar-refractivity contribution in [2.75, 3.05) is 0 Å². The normalized spacial score (nSPS) is 14.0. The second-order valence-electron chi connectivity index (χ2n) is 7.06. The highest BCUT2D eigenvalue weighted by Gasteiger charge is 2.20. The van der Waals surface area contributed by atoms with E-state index in [0.29, 0.717) is 12.0 Å². The predicted molar refractivity (Wildman–Crippen MR) is 101 cm³/mol. The van der Waals surface area contributed by atoms with Crippen molar-refractivity contribution in [3.05, 3.63) is 50.9 Å². The zero-order valence-electron chi connectivity index (χ0n) is 15.1. The van der Waals surface area contributed by atoms with Gasteiger partial charge in [0, 0.05) is 29.2 Å². The molecule has 130 valence electrons. The molecule has 4 rings (SSSR count). The lowest BCUT2D eigenvalue weighted by atomic mass is 9.94. The maximum absolute atomic E-state index is 12.2. The molecule has 2 heterocycles. The van der Waals surface area contributed by atoms with E-state index in [1.165, 1.54) is 35.0 Å². The number of rotatable bonds is 2. The number of aromatic amines is 1. The third-order valence-electron chi connectivity index (χ3n) is 5.69. The first kappa shape index (κ1) is 16.0. The molecule has 0 unspecified atom stereocenters. The molecule has 1 aromatic carbocycles. The van der Waals surface area contributed by atoms with E-state index in [2.05, 4.69) is 28.7 Å².